The number of aryl methyl sites for hydroxylation is 1. The number of hydrogen-bond donors (Lipinski definition) is 0. The van der Waals surface area contributed by atoms with E-state index in [1.165, 1.54) is 82.6 Å². The molecule has 5 heteroatoms. The van der Waals surface area contributed by atoms with Crippen LogP contribution in [0.4, 0.5) is 5.69 Å². The summed E-state index contributed by atoms with van der Waals surface area (Å²) < 4.78 is 0. The Morgan fingerprint density at radius 1 is 0.775 bits per heavy atom. The number of aromatic nitrogens is 3. The monoisotopic (exact) mass is 535 g/mol. The summed E-state index contributed by atoms with van der Waals surface area (Å²) in [6, 6.07) is 6.63. The lowest BCUT2D eigenvalue weighted by molar-refractivity contribution is -0.0155. The molecule has 0 N–H and O–H groups in total. The Bertz CT molecular complexity index is 1250. The molecule has 8 bridgehead atoms. The molecule has 0 amide bonds. The molecule has 1 aromatic carbocycles. The van der Waals surface area contributed by atoms with Crippen molar-refractivity contribution < 1.29 is 0 Å². The molecule has 5 nitrogen and oxygen atoms in total. The number of aliphatic imine (C=N–C) groups is 2. The molecule has 1 aromatic heterocycles. The Balaban J connectivity index is 1.23. The zero-order valence-corrected chi connectivity index (χ0v) is 24.7. The van der Waals surface area contributed by atoms with Crippen LogP contribution in [0.5, 0.6) is 0 Å². The highest BCUT2D eigenvalue weighted by Crippen LogP contribution is 2.62. The molecule has 210 valence electrons. The Morgan fingerprint density at radius 3 is 1.70 bits per heavy atom. The Morgan fingerprint density at radius 2 is 1.25 bits per heavy atom. The van der Waals surface area contributed by atoms with Gasteiger partial charge in [0.05, 0.1) is 5.69 Å². The smallest absolute Gasteiger partial charge is 0.163 e. The third kappa shape index (κ3) is 4.20. The highest BCUT2D eigenvalue weighted by atomic mass is 15.1. The van der Waals surface area contributed by atoms with Crippen molar-refractivity contribution in [1.82, 2.24) is 15.0 Å². The van der Waals surface area contributed by atoms with Crippen molar-refractivity contribution in [3.8, 4) is 11.4 Å². The zero-order chi connectivity index (χ0) is 27.1. The molecular formula is C35H45N5. The molecule has 0 spiro atoms. The van der Waals surface area contributed by atoms with Crippen LogP contribution in [-0.4, -0.2) is 33.9 Å². The van der Waals surface area contributed by atoms with Crippen molar-refractivity contribution in [3.63, 3.8) is 0 Å². The maximum Gasteiger partial charge on any atom is 0.163 e. The highest BCUT2D eigenvalue weighted by molar-refractivity contribution is 5.94. The first kappa shape index (κ1) is 25.3. The van der Waals surface area contributed by atoms with Gasteiger partial charge in [0.1, 0.15) is 11.6 Å². The lowest BCUT2D eigenvalue weighted by Gasteiger charge is -2.57. The van der Waals surface area contributed by atoms with Crippen LogP contribution in [0.2, 0.25) is 0 Å². The van der Waals surface area contributed by atoms with Crippen molar-refractivity contribution in [1.29, 1.82) is 0 Å². The van der Waals surface area contributed by atoms with Gasteiger partial charge in [-0.3, -0.25) is 9.98 Å². The Labute approximate surface area is 239 Å². The fourth-order valence-corrected chi connectivity index (χ4v) is 11.0. The van der Waals surface area contributed by atoms with Crippen molar-refractivity contribution in [2.75, 3.05) is 7.05 Å². The van der Waals surface area contributed by atoms with Crippen LogP contribution in [0.25, 0.3) is 11.4 Å². The first-order valence-corrected chi connectivity index (χ1v) is 16.2. The van der Waals surface area contributed by atoms with Gasteiger partial charge in [0.2, 0.25) is 0 Å². The van der Waals surface area contributed by atoms with E-state index in [4.69, 9.17) is 19.9 Å². The summed E-state index contributed by atoms with van der Waals surface area (Å²) in [5, 5.41) is 0. The lowest BCUT2D eigenvalue weighted by Crippen LogP contribution is -2.51. The number of nitrogens with zero attached hydrogens (tertiary/aromatic N) is 5. The molecule has 0 atom stereocenters. The maximum atomic E-state index is 5.59. The van der Waals surface area contributed by atoms with E-state index in [1.807, 2.05) is 13.3 Å². The molecule has 0 radical (unpaired) electrons. The van der Waals surface area contributed by atoms with Crippen LogP contribution in [0, 0.1) is 42.4 Å². The van der Waals surface area contributed by atoms with E-state index in [0.29, 0.717) is 0 Å². The third-order valence-electron chi connectivity index (χ3n) is 12.1. The van der Waals surface area contributed by atoms with Crippen LogP contribution < -0.4 is 0 Å². The van der Waals surface area contributed by atoms with E-state index < -0.39 is 0 Å². The zero-order valence-electron chi connectivity index (χ0n) is 24.7. The van der Waals surface area contributed by atoms with Crippen LogP contribution in [0.3, 0.4) is 0 Å². The first-order chi connectivity index (χ1) is 19.4. The summed E-state index contributed by atoms with van der Waals surface area (Å²) >= 11 is 0. The van der Waals surface area contributed by atoms with Crippen LogP contribution in [0.1, 0.15) is 108 Å². The van der Waals surface area contributed by atoms with Gasteiger partial charge in [0, 0.05) is 41.8 Å². The Hall–Kier alpha value is -2.43. The van der Waals surface area contributed by atoms with Crippen molar-refractivity contribution in [2.24, 2.45) is 45.5 Å². The molecule has 0 unspecified atom stereocenters. The third-order valence-corrected chi connectivity index (χ3v) is 12.1. The van der Waals surface area contributed by atoms with Crippen LogP contribution >= 0.6 is 0 Å². The van der Waals surface area contributed by atoms with E-state index in [9.17, 15) is 0 Å². The second kappa shape index (κ2) is 9.29. The van der Waals surface area contributed by atoms with Crippen LogP contribution in [-0.2, 0) is 10.8 Å². The average molecular weight is 536 g/mol. The van der Waals surface area contributed by atoms with E-state index in [2.05, 4.69) is 37.0 Å². The van der Waals surface area contributed by atoms with Gasteiger partial charge in [0.15, 0.2) is 5.82 Å². The summed E-state index contributed by atoms with van der Waals surface area (Å²) in [6.07, 6.45) is 19.2. The SMILES string of the molecule is CN=C(C)CC=Nc1cc(-c2nc(C34CC5CC(CC(C5)C3)C4)nc(C34CC5CC(CC(C5)C3)C4)n2)ccc1C. The van der Waals surface area contributed by atoms with Gasteiger partial charge < -0.3 is 0 Å². The maximum absolute atomic E-state index is 5.59. The number of benzene rings is 1. The molecule has 10 rings (SSSR count). The van der Waals surface area contributed by atoms with E-state index in [0.717, 1.165) is 76.4 Å². The van der Waals surface area contributed by atoms with Gasteiger partial charge in [-0.1, -0.05) is 12.1 Å². The molecule has 2 aromatic rings. The summed E-state index contributed by atoms with van der Waals surface area (Å²) in [5.74, 6) is 8.49. The van der Waals surface area contributed by atoms with Gasteiger partial charge >= 0.3 is 0 Å². The number of rotatable bonds is 6. The Kier molecular flexibility index (Phi) is 5.87. The fourth-order valence-electron chi connectivity index (χ4n) is 11.0. The minimum atomic E-state index is 0.173. The average Bonchev–Trinajstić information content (AvgIpc) is 2.92. The van der Waals surface area contributed by atoms with Gasteiger partial charge in [-0.15, -0.1) is 0 Å². The van der Waals surface area contributed by atoms with Gasteiger partial charge in [-0.25, -0.2) is 15.0 Å². The second-order valence-electron chi connectivity index (χ2n) is 15.2. The molecule has 1 heterocycles. The van der Waals surface area contributed by atoms with Crippen molar-refractivity contribution in [2.45, 2.75) is 108 Å². The normalized spacial score (nSPS) is 39.5. The summed E-state index contributed by atoms with van der Waals surface area (Å²) in [7, 11) is 1.85. The quantitative estimate of drug-likeness (QED) is 0.352. The second-order valence-corrected chi connectivity index (χ2v) is 15.2. The molecule has 8 aliphatic carbocycles. The summed E-state index contributed by atoms with van der Waals surface area (Å²) in [4.78, 5) is 25.6. The van der Waals surface area contributed by atoms with E-state index >= 15 is 0 Å². The molecule has 0 saturated heterocycles. The molecular weight excluding hydrogens is 490 g/mol. The van der Waals surface area contributed by atoms with E-state index in [1.54, 1.807) is 0 Å². The van der Waals surface area contributed by atoms with Gasteiger partial charge in [0.25, 0.3) is 0 Å². The van der Waals surface area contributed by atoms with Crippen molar-refractivity contribution in [3.05, 3.63) is 35.4 Å². The molecule has 8 saturated carbocycles. The number of hydrogen-bond acceptors (Lipinski definition) is 5. The molecule has 8 aliphatic rings. The predicted molar refractivity (Wildman–Crippen MR) is 162 cm³/mol. The van der Waals surface area contributed by atoms with Gasteiger partial charge in [-0.05, 0) is 138 Å². The molecule has 40 heavy (non-hydrogen) atoms. The first-order valence-electron chi connectivity index (χ1n) is 16.2. The molecule has 8 fully saturated rings. The van der Waals surface area contributed by atoms with Crippen molar-refractivity contribution >= 4 is 17.6 Å². The van der Waals surface area contributed by atoms with Gasteiger partial charge in [-0.2, -0.15) is 0 Å². The fraction of sp³-hybridized carbons (Fsp3) is 0.686. The standard InChI is InChI=1S/C35H45N5/c1-21-4-5-29(14-30(21)37-7-6-22(2)36-3)31-38-32(34-15-23-8-24(16-34)10-25(9-23)17-34)40-33(39-31)35-18-26-11-27(19-35)13-28(12-26)20-35/h4-5,7,14,23-28H,6,8-13,15-20H2,1-3H3. The highest BCUT2D eigenvalue weighted by Gasteiger charge is 2.56. The summed E-state index contributed by atoms with van der Waals surface area (Å²) in [5.41, 5.74) is 4.73. The summed E-state index contributed by atoms with van der Waals surface area (Å²) in [6.45, 7) is 4.20. The van der Waals surface area contributed by atoms with E-state index in [-0.39, 0.29) is 10.8 Å². The largest absolute Gasteiger partial charge is 0.297 e. The minimum Gasteiger partial charge on any atom is -0.297 e. The topological polar surface area (TPSA) is 63.4 Å². The lowest BCUT2D eigenvalue weighted by atomic mass is 9.49. The molecule has 0 aliphatic heterocycles. The minimum absolute atomic E-state index is 0.173. The van der Waals surface area contributed by atoms with Crippen LogP contribution in [0.15, 0.2) is 28.2 Å². The predicted octanol–water partition coefficient (Wildman–Crippen LogP) is 7.97.